The van der Waals surface area contributed by atoms with Gasteiger partial charge in [-0.2, -0.15) is 0 Å². The molecule has 0 aliphatic carbocycles. The number of oxime groups is 2. The maximum atomic E-state index is 10.4. The first-order valence-electron chi connectivity index (χ1n) is 7.90. The minimum atomic E-state index is 0.215. The van der Waals surface area contributed by atoms with Crippen LogP contribution in [-0.2, 0) is 21.1 Å². The number of aliphatic imine (C=N–C) groups is 1. The van der Waals surface area contributed by atoms with Gasteiger partial charge in [-0.1, -0.05) is 40.7 Å². The molecule has 0 radical (unpaired) electrons. The van der Waals surface area contributed by atoms with Gasteiger partial charge in [0.05, 0.1) is 11.4 Å². The molecule has 26 heavy (non-hydrogen) atoms. The quantitative estimate of drug-likeness (QED) is 0.302. The van der Waals surface area contributed by atoms with Crippen LogP contribution in [0.4, 0.5) is 0 Å². The zero-order valence-corrected chi connectivity index (χ0v) is 16.8. The largest absolute Gasteiger partial charge is 0.399 e. The zero-order valence-electron chi connectivity index (χ0n) is 15.9. The van der Waals surface area contributed by atoms with E-state index in [1.165, 1.54) is 7.11 Å². The first-order valence-corrected chi connectivity index (χ1v) is 8.30. The Labute approximate surface area is 159 Å². The molecule has 1 amide bonds. The molecule has 0 aromatic heterocycles. The number of amides is 1. The predicted molar refractivity (Wildman–Crippen MR) is 108 cm³/mol. The number of thiocarbonyl (C=S) groups is 1. The van der Waals surface area contributed by atoms with E-state index in [4.69, 9.17) is 21.9 Å². The van der Waals surface area contributed by atoms with Crippen molar-refractivity contribution in [2.45, 2.75) is 27.4 Å². The van der Waals surface area contributed by atoms with Gasteiger partial charge >= 0.3 is 0 Å². The Morgan fingerprint density at radius 2 is 1.92 bits per heavy atom. The molecule has 1 aromatic carbocycles. The summed E-state index contributed by atoms with van der Waals surface area (Å²) in [5, 5.41) is 8.12. The summed E-state index contributed by atoms with van der Waals surface area (Å²) in [7, 11) is 5.18. The molecule has 0 saturated carbocycles. The van der Waals surface area contributed by atoms with Crippen molar-refractivity contribution in [3.05, 3.63) is 34.9 Å². The average molecular weight is 376 g/mol. The standard InChI is InChI=1S/C18H24N4O3S/c1-12-8-7-9-15(17(21-24-6)18(26)22(4)5)16(12)10-25-20-14(3)13(2)19-11-23/h7-9,11H,10H2,1-6H3/b19-13?,20-14+,21-17+. The number of likely N-dealkylation sites (N-methyl/N-ethyl adjacent to an activating group) is 1. The third-order valence-electron chi connectivity index (χ3n) is 3.64. The monoisotopic (exact) mass is 376 g/mol. The van der Waals surface area contributed by atoms with E-state index < -0.39 is 0 Å². The maximum Gasteiger partial charge on any atom is 0.233 e. The van der Waals surface area contributed by atoms with Crippen molar-refractivity contribution < 1.29 is 14.5 Å². The number of rotatable bonds is 8. The van der Waals surface area contributed by atoms with Gasteiger partial charge in [-0.3, -0.25) is 4.79 Å². The highest BCUT2D eigenvalue weighted by Crippen LogP contribution is 2.18. The molecule has 0 spiro atoms. The predicted octanol–water partition coefficient (Wildman–Crippen LogP) is 2.74. The summed E-state index contributed by atoms with van der Waals surface area (Å²) in [6.07, 6.45) is 0.476. The molecule has 0 heterocycles. The number of benzene rings is 1. The summed E-state index contributed by atoms with van der Waals surface area (Å²) < 4.78 is 0. The van der Waals surface area contributed by atoms with Gasteiger partial charge in [-0.15, -0.1) is 0 Å². The van der Waals surface area contributed by atoms with E-state index >= 15 is 0 Å². The number of hydrogen-bond acceptors (Lipinski definition) is 6. The van der Waals surface area contributed by atoms with E-state index in [2.05, 4.69) is 15.3 Å². The first-order chi connectivity index (χ1) is 12.3. The number of carbonyl (C=O) groups excluding carboxylic acids is 1. The highest BCUT2D eigenvalue weighted by molar-refractivity contribution is 7.82. The molecule has 0 unspecified atom stereocenters. The summed E-state index contributed by atoms with van der Waals surface area (Å²) in [5.41, 5.74) is 4.31. The Balaban J connectivity index is 3.19. The maximum absolute atomic E-state index is 10.4. The lowest BCUT2D eigenvalue weighted by Crippen LogP contribution is -2.30. The van der Waals surface area contributed by atoms with Crippen molar-refractivity contribution >= 4 is 40.8 Å². The SMILES string of the molecule is CO/N=C(/C(=S)N(C)C)c1cccc(C)c1CO/N=C(\C)C(C)=NC=O. The number of nitrogens with zero attached hydrogens (tertiary/aromatic N) is 4. The molecule has 0 aliphatic heterocycles. The van der Waals surface area contributed by atoms with E-state index in [0.717, 1.165) is 16.7 Å². The van der Waals surface area contributed by atoms with Crippen molar-refractivity contribution in [1.82, 2.24) is 4.90 Å². The summed E-state index contributed by atoms with van der Waals surface area (Å²) in [4.78, 5) is 26.9. The summed E-state index contributed by atoms with van der Waals surface area (Å²) >= 11 is 5.47. The molecule has 0 saturated heterocycles. The van der Waals surface area contributed by atoms with Crippen LogP contribution in [0.5, 0.6) is 0 Å². The van der Waals surface area contributed by atoms with Crippen molar-refractivity contribution in [1.29, 1.82) is 0 Å². The van der Waals surface area contributed by atoms with E-state index in [-0.39, 0.29) is 6.61 Å². The van der Waals surface area contributed by atoms with E-state index in [0.29, 0.717) is 28.5 Å². The molecule has 0 bridgehead atoms. The Morgan fingerprint density at radius 3 is 2.50 bits per heavy atom. The fourth-order valence-electron chi connectivity index (χ4n) is 2.05. The van der Waals surface area contributed by atoms with E-state index in [9.17, 15) is 4.79 Å². The smallest absolute Gasteiger partial charge is 0.233 e. The summed E-state index contributed by atoms with van der Waals surface area (Å²) in [6, 6.07) is 5.81. The van der Waals surface area contributed by atoms with Crippen LogP contribution in [0.1, 0.15) is 30.5 Å². The van der Waals surface area contributed by atoms with Crippen molar-refractivity contribution in [3.63, 3.8) is 0 Å². The summed E-state index contributed by atoms with van der Waals surface area (Å²) in [5.74, 6) is 0. The van der Waals surface area contributed by atoms with Crippen LogP contribution in [0.25, 0.3) is 0 Å². The van der Waals surface area contributed by atoms with Gasteiger partial charge in [-0.25, -0.2) is 4.99 Å². The molecule has 1 aromatic rings. The second kappa shape index (κ2) is 10.4. The highest BCUT2D eigenvalue weighted by Gasteiger charge is 2.18. The normalized spacial score (nSPS) is 12.6. The number of aryl methyl sites for hydroxylation is 1. The van der Waals surface area contributed by atoms with Crippen LogP contribution in [-0.4, -0.2) is 54.6 Å². The lowest BCUT2D eigenvalue weighted by atomic mass is 9.98. The molecule has 0 fully saturated rings. The molecule has 140 valence electrons. The molecule has 1 rings (SSSR count). The first kappa shape index (κ1) is 21.4. The Hall–Kier alpha value is -2.61. The van der Waals surface area contributed by atoms with E-state index in [1.807, 2.05) is 39.2 Å². The molecular weight excluding hydrogens is 352 g/mol. The van der Waals surface area contributed by atoms with Crippen LogP contribution in [0.15, 0.2) is 33.5 Å². The Bertz CT molecular complexity index is 755. The fourth-order valence-corrected chi connectivity index (χ4v) is 2.20. The Morgan fingerprint density at radius 1 is 1.23 bits per heavy atom. The lowest BCUT2D eigenvalue weighted by Gasteiger charge is -2.18. The van der Waals surface area contributed by atoms with Crippen molar-refractivity contribution in [2.75, 3.05) is 21.2 Å². The summed E-state index contributed by atoms with van der Waals surface area (Å²) in [6.45, 7) is 5.60. The molecular formula is C18H24N4O3S. The van der Waals surface area contributed by atoms with Gasteiger partial charge in [0, 0.05) is 25.2 Å². The van der Waals surface area contributed by atoms with Crippen LogP contribution < -0.4 is 0 Å². The number of hydrogen-bond donors (Lipinski definition) is 0. The third kappa shape index (κ3) is 5.73. The average Bonchev–Trinajstić information content (AvgIpc) is 2.60. The lowest BCUT2D eigenvalue weighted by molar-refractivity contribution is -0.106. The molecule has 0 N–H and O–H groups in total. The van der Waals surface area contributed by atoms with Crippen molar-refractivity contribution in [3.8, 4) is 0 Å². The zero-order chi connectivity index (χ0) is 19.7. The third-order valence-corrected chi connectivity index (χ3v) is 4.20. The van der Waals surface area contributed by atoms with Gasteiger partial charge in [-0.05, 0) is 26.3 Å². The van der Waals surface area contributed by atoms with Gasteiger partial charge in [0.1, 0.15) is 24.4 Å². The Kier molecular flexibility index (Phi) is 8.57. The second-order valence-corrected chi connectivity index (χ2v) is 6.08. The van der Waals surface area contributed by atoms with Gasteiger partial charge in [0.25, 0.3) is 0 Å². The molecule has 8 heteroatoms. The van der Waals surface area contributed by atoms with Gasteiger partial charge in [0.15, 0.2) is 0 Å². The van der Waals surface area contributed by atoms with Crippen LogP contribution >= 0.6 is 12.2 Å². The molecule has 0 atom stereocenters. The van der Waals surface area contributed by atoms with Gasteiger partial charge < -0.3 is 14.6 Å². The number of carbonyl (C=O) groups is 1. The van der Waals surface area contributed by atoms with Crippen LogP contribution in [0.2, 0.25) is 0 Å². The molecule has 7 nitrogen and oxygen atoms in total. The molecule has 0 aliphatic rings. The second-order valence-electron chi connectivity index (χ2n) is 5.69. The fraction of sp³-hybridized carbons (Fsp3) is 0.389. The minimum Gasteiger partial charge on any atom is -0.399 e. The van der Waals surface area contributed by atoms with Crippen LogP contribution in [0.3, 0.4) is 0 Å². The minimum absolute atomic E-state index is 0.215. The van der Waals surface area contributed by atoms with Crippen molar-refractivity contribution in [2.24, 2.45) is 15.3 Å². The van der Waals surface area contributed by atoms with Gasteiger partial charge in [0.2, 0.25) is 6.41 Å². The highest BCUT2D eigenvalue weighted by atomic mass is 32.1. The topological polar surface area (TPSA) is 75.8 Å². The van der Waals surface area contributed by atoms with Crippen LogP contribution in [0, 0.1) is 6.92 Å². The van der Waals surface area contributed by atoms with E-state index in [1.54, 1.807) is 18.7 Å².